The Labute approximate surface area is 179 Å². The van der Waals surface area contributed by atoms with Gasteiger partial charge >= 0.3 is 6.09 Å². The van der Waals surface area contributed by atoms with Crippen molar-refractivity contribution in [2.45, 2.75) is 19.4 Å². The molecule has 0 spiro atoms. The minimum atomic E-state index is -1.06. The second kappa shape index (κ2) is 7.76. The minimum absolute atomic E-state index is 0.417. The number of hydrogen-bond donors (Lipinski definition) is 2. The molecule has 0 unspecified atom stereocenters. The predicted molar refractivity (Wildman–Crippen MR) is 120 cm³/mol. The largest absolute Gasteiger partial charge is 0.465 e. The highest BCUT2D eigenvalue weighted by molar-refractivity contribution is 6.34. The van der Waals surface area contributed by atoms with Gasteiger partial charge < -0.3 is 10.4 Å². The molecule has 0 saturated heterocycles. The number of rotatable bonds is 4. The molecule has 4 aromatic rings. The first-order valence-corrected chi connectivity index (χ1v) is 9.86. The molecule has 6 heteroatoms. The number of fused-ring (bicyclic) bond motifs is 1. The van der Waals surface area contributed by atoms with Gasteiger partial charge in [0.25, 0.3) is 0 Å². The van der Waals surface area contributed by atoms with Crippen molar-refractivity contribution in [3.8, 4) is 22.4 Å². The zero-order chi connectivity index (χ0) is 21.3. The fraction of sp³-hybridized carbons (Fsp3) is 0.125. The third-order valence-corrected chi connectivity index (χ3v) is 5.38. The average Bonchev–Trinajstić information content (AvgIpc) is 2.73. The van der Waals surface area contributed by atoms with Gasteiger partial charge in [0.2, 0.25) is 0 Å². The molecular weight excluding hydrogens is 398 g/mol. The number of benzene rings is 2. The van der Waals surface area contributed by atoms with Crippen molar-refractivity contribution in [1.29, 1.82) is 0 Å². The van der Waals surface area contributed by atoms with Crippen molar-refractivity contribution in [3.05, 3.63) is 83.6 Å². The van der Waals surface area contributed by atoms with Crippen LogP contribution in [0.15, 0.2) is 72.9 Å². The van der Waals surface area contributed by atoms with E-state index in [0.29, 0.717) is 5.15 Å². The molecule has 2 aromatic heterocycles. The summed E-state index contributed by atoms with van der Waals surface area (Å²) in [5.41, 5.74) is 4.66. The van der Waals surface area contributed by atoms with Gasteiger partial charge in [0.05, 0.1) is 16.7 Å². The number of carbonyl (C=O) groups is 1. The molecule has 0 aliphatic heterocycles. The molecule has 5 nitrogen and oxygen atoms in total. The van der Waals surface area contributed by atoms with Crippen LogP contribution in [-0.2, 0) is 5.54 Å². The average molecular weight is 418 g/mol. The number of nitrogens with one attached hydrogen (secondary N) is 1. The fourth-order valence-corrected chi connectivity index (χ4v) is 3.71. The molecule has 150 valence electrons. The highest BCUT2D eigenvalue weighted by Gasteiger charge is 2.23. The molecule has 30 heavy (non-hydrogen) atoms. The summed E-state index contributed by atoms with van der Waals surface area (Å²) in [6, 6.07) is 21.6. The standard InChI is InChI=1S/C24H20ClN3O2/c1-24(2,28-23(29)30)17-10-8-16(9-11-17)21-18(15-6-4-3-5-7-15)14-19-20(27-21)12-13-26-22(19)25/h3-14,28H,1-2H3,(H,29,30). The highest BCUT2D eigenvalue weighted by Crippen LogP contribution is 2.35. The molecule has 2 N–H and O–H groups in total. The van der Waals surface area contributed by atoms with E-state index in [1.165, 1.54) is 0 Å². The van der Waals surface area contributed by atoms with Crippen molar-refractivity contribution in [3.63, 3.8) is 0 Å². The number of amides is 1. The fourth-order valence-electron chi connectivity index (χ4n) is 3.50. The smallest absolute Gasteiger partial charge is 0.405 e. The Morgan fingerprint density at radius 1 is 1.00 bits per heavy atom. The monoisotopic (exact) mass is 417 g/mol. The quantitative estimate of drug-likeness (QED) is 0.392. The van der Waals surface area contributed by atoms with Crippen LogP contribution >= 0.6 is 11.6 Å². The third kappa shape index (κ3) is 3.84. The number of carboxylic acid groups (broad SMARTS) is 1. The summed E-state index contributed by atoms with van der Waals surface area (Å²) in [4.78, 5) is 20.2. The van der Waals surface area contributed by atoms with E-state index in [0.717, 1.165) is 38.9 Å². The number of aromatic nitrogens is 2. The van der Waals surface area contributed by atoms with E-state index < -0.39 is 11.6 Å². The maximum absolute atomic E-state index is 11.1. The third-order valence-electron chi connectivity index (χ3n) is 5.08. The van der Waals surface area contributed by atoms with Crippen molar-refractivity contribution in [1.82, 2.24) is 15.3 Å². The van der Waals surface area contributed by atoms with Crippen LogP contribution in [0.2, 0.25) is 5.15 Å². The molecule has 4 rings (SSSR count). The van der Waals surface area contributed by atoms with Crippen LogP contribution in [0, 0.1) is 0 Å². The Hall–Kier alpha value is -3.44. The van der Waals surface area contributed by atoms with Crippen molar-refractivity contribution in [2.75, 3.05) is 0 Å². The predicted octanol–water partition coefficient (Wildman–Crippen LogP) is 6.12. The first-order chi connectivity index (χ1) is 14.3. The van der Waals surface area contributed by atoms with Crippen LogP contribution in [0.5, 0.6) is 0 Å². The van der Waals surface area contributed by atoms with Gasteiger partial charge in [0, 0.05) is 22.7 Å². The normalized spacial score (nSPS) is 11.4. The number of halogens is 1. The van der Waals surface area contributed by atoms with E-state index in [9.17, 15) is 4.79 Å². The van der Waals surface area contributed by atoms with Gasteiger partial charge in [-0.25, -0.2) is 14.8 Å². The first-order valence-electron chi connectivity index (χ1n) is 9.48. The van der Waals surface area contributed by atoms with Crippen LogP contribution in [0.4, 0.5) is 4.79 Å². The molecule has 0 fully saturated rings. The summed E-state index contributed by atoms with van der Waals surface area (Å²) in [7, 11) is 0. The highest BCUT2D eigenvalue weighted by atomic mass is 35.5. The van der Waals surface area contributed by atoms with E-state index in [4.69, 9.17) is 21.7 Å². The Balaban J connectivity index is 1.87. The second-order valence-electron chi connectivity index (χ2n) is 7.55. The lowest BCUT2D eigenvalue weighted by Crippen LogP contribution is -2.39. The molecular formula is C24H20ClN3O2. The summed E-state index contributed by atoms with van der Waals surface area (Å²) in [6.45, 7) is 3.66. The number of pyridine rings is 2. The summed E-state index contributed by atoms with van der Waals surface area (Å²) < 4.78 is 0. The number of hydrogen-bond acceptors (Lipinski definition) is 3. The lowest BCUT2D eigenvalue weighted by molar-refractivity contribution is 0.182. The lowest BCUT2D eigenvalue weighted by Gasteiger charge is -2.25. The van der Waals surface area contributed by atoms with Crippen LogP contribution in [0.3, 0.4) is 0 Å². The van der Waals surface area contributed by atoms with Crippen molar-refractivity contribution >= 4 is 28.6 Å². The summed E-state index contributed by atoms with van der Waals surface area (Å²) in [5, 5.41) is 12.8. The molecule has 0 aliphatic carbocycles. The van der Waals surface area contributed by atoms with E-state index in [2.05, 4.69) is 10.3 Å². The molecule has 0 saturated carbocycles. The summed E-state index contributed by atoms with van der Waals surface area (Å²) in [6.07, 6.45) is 0.587. The zero-order valence-corrected chi connectivity index (χ0v) is 17.3. The SMILES string of the molecule is CC(C)(NC(=O)O)c1ccc(-c2nc3ccnc(Cl)c3cc2-c2ccccc2)cc1. The maximum atomic E-state index is 11.1. The lowest BCUT2D eigenvalue weighted by atomic mass is 9.92. The minimum Gasteiger partial charge on any atom is -0.465 e. The van der Waals surface area contributed by atoms with Gasteiger partial charge in [-0.1, -0.05) is 66.2 Å². The number of nitrogens with zero attached hydrogens (tertiary/aromatic N) is 2. The van der Waals surface area contributed by atoms with E-state index in [-0.39, 0.29) is 0 Å². The van der Waals surface area contributed by atoms with Gasteiger partial charge in [0.15, 0.2) is 0 Å². The summed E-state index contributed by atoms with van der Waals surface area (Å²) >= 11 is 6.32. The van der Waals surface area contributed by atoms with Crippen LogP contribution in [-0.4, -0.2) is 21.2 Å². The van der Waals surface area contributed by atoms with Crippen LogP contribution < -0.4 is 5.32 Å². The second-order valence-corrected chi connectivity index (χ2v) is 7.91. The van der Waals surface area contributed by atoms with E-state index >= 15 is 0 Å². The topological polar surface area (TPSA) is 75.1 Å². The van der Waals surface area contributed by atoms with Gasteiger partial charge in [-0.2, -0.15) is 0 Å². The van der Waals surface area contributed by atoms with Gasteiger partial charge in [-0.15, -0.1) is 0 Å². The van der Waals surface area contributed by atoms with Crippen LogP contribution in [0.1, 0.15) is 19.4 Å². The Morgan fingerprint density at radius 3 is 2.37 bits per heavy atom. The van der Waals surface area contributed by atoms with E-state index in [1.54, 1.807) is 6.20 Å². The molecule has 0 bridgehead atoms. The Bertz CT molecular complexity index is 1220. The van der Waals surface area contributed by atoms with Gasteiger partial charge in [-0.05, 0) is 37.1 Å². The maximum Gasteiger partial charge on any atom is 0.405 e. The molecule has 0 radical (unpaired) electrons. The molecule has 2 heterocycles. The van der Waals surface area contributed by atoms with E-state index in [1.807, 2.05) is 80.6 Å². The van der Waals surface area contributed by atoms with Gasteiger partial charge in [-0.3, -0.25) is 0 Å². The molecule has 0 atom stereocenters. The zero-order valence-electron chi connectivity index (χ0n) is 16.6. The molecule has 0 aliphatic rings. The van der Waals surface area contributed by atoms with Gasteiger partial charge in [0.1, 0.15) is 5.15 Å². The Kier molecular flexibility index (Phi) is 5.14. The van der Waals surface area contributed by atoms with Crippen LogP contribution in [0.25, 0.3) is 33.3 Å². The molecule has 1 amide bonds. The molecule has 2 aromatic carbocycles. The van der Waals surface area contributed by atoms with Crippen molar-refractivity contribution < 1.29 is 9.90 Å². The first kappa shape index (κ1) is 19.9. The summed E-state index contributed by atoms with van der Waals surface area (Å²) in [5.74, 6) is 0. The van der Waals surface area contributed by atoms with Crippen molar-refractivity contribution in [2.24, 2.45) is 0 Å². The Morgan fingerprint density at radius 2 is 1.70 bits per heavy atom.